The van der Waals surface area contributed by atoms with E-state index in [0.717, 1.165) is 40.5 Å². The largest absolute Gasteiger partial charge is 0.493 e. The van der Waals surface area contributed by atoms with Crippen molar-refractivity contribution in [2.75, 3.05) is 19.5 Å². The molecule has 3 N–H and O–H groups in total. The number of carboxylic acid groups (broad SMARTS) is 1. The molecule has 31 heavy (non-hydrogen) atoms. The number of fused-ring (bicyclic) bond motifs is 3. The molecule has 0 unspecified atom stereocenters. The van der Waals surface area contributed by atoms with Crippen LogP contribution in [0.5, 0.6) is 11.5 Å². The number of anilines is 2. The first kappa shape index (κ1) is 22.3. The number of hydrogen-bond acceptors (Lipinski definition) is 5. The smallest absolute Gasteiger partial charge is 0.490 e. The van der Waals surface area contributed by atoms with Crippen molar-refractivity contribution in [3.63, 3.8) is 0 Å². The van der Waals surface area contributed by atoms with Crippen LogP contribution in [0, 0.1) is 0 Å². The van der Waals surface area contributed by atoms with E-state index in [-0.39, 0.29) is 0 Å². The second kappa shape index (κ2) is 8.76. The Morgan fingerprint density at radius 2 is 1.81 bits per heavy atom. The zero-order valence-corrected chi connectivity index (χ0v) is 17.1. The van der Waals surface area contributed by atoms with Gasteiger partial charge in [0, 0.05) is 17.5 Å². The molecule has 0 fully saturated rings. The van der Waals surface area contributed by atoms with Gasteiger partial charge in [-0.2, -0.15) is 18.3 Å². The number of carbonyl (C=O) groups is 1. The van der Waals surface area contributed by atoms with Crippen LogP contribution in [0.3, 0.4) is 0 Å². The van der Waals surface area contributed by atoms with Crippen LogP contribution in [0.1, 0.15) is 11.1 Å². The minimum absolute atomic E-state index is 0.660. The number of alkyl halides is 3. The molecule has 164 valence electrons. The number of methoxy groups -OCH3 is 2. The highest BCUT2D eigenvalue weighted by Gasteiger charge is 2.38. The Hall–Kier alpha value is -3.40. The number of aromatic nitrogens is 2. The Morgan fingerprint density at radius 1 is 1.19 bits per heavy atom. The number of aromatic amines is 1. The molecular formula is C20H17ClF3N3O4. The summed E-state index contributed by atoms with van der Waals surface area (Å²) in [5.41, 5.74) is 5.21. The number of nitrogens with zero attached hydrogens (tertiary/aromatic N) is 1. The SMILES string of the molecule is COc1cc2c(cc1OC)-c1[nH]nc(Nc3ccccc3Cl)c1C2.O=C(O)C(F)(F)F. The Balaban J connectivity index is 0.000000339. The second-order valence-corrected chi connectivity index (χ2v) is 6.78. The molecule has 0 bridgehead atoms. The van der Waals surface area contributed by atoms with E-state index >= 15 is 0 Å². The van der Waals surface area contributed by atoms with Crippen molar-refractivity contribution in [2.24, 2.45) is 0 Å². The lowest BCUT2D eigenvalue weighted by Crippen LogP contribution is -2.21. The Bertz CT molecular complexity index is 1120. The van der Waals surface area contributed by atoms with E-state index < -0.39 is 12.1 Å². The predicted octanol–water partition coefficient (Wildman–Crippen LogP) is 5.03. The zero-order chi connectivity index (χ0) is 22.8. The van der Waals surface area contributed by atoms with Crippen molar-refractivity contribution >= 4 is 29.1 Å². The molecule has 0 radical (unpaired) electrons. The number of H-pyrrole nitrogens is 1. The Morgan fingerprint density at radius 3 is 2.39 bits per heavy atom. The summed E-state index contributed by atoms with van der Waals surface area (Å²) in [6, 6.07) is 11.6. The van der Waals surface area contributed by atoms with E-state index in [1.165, 1.54) is 5.56 Å². The molecule has 1 aliphatic rings. The first-order valence-electron chi connectivity index (χ1n) is 8.79. The standard InChI is InChI=1S/C18H16ClN3O2.C2HF3O2/c1-23-15-8-10-7-12-17(11(10)9-16(15)24-2)21-22-18(12)20-14-6-4-3-5-13(14)19;3-2(4,5)1(6)7/h3-6,8-9H,7H2,1-2H3,(H2,20,21,22);(H,6,7). The summed E-state index contributed by atoms with van der Waals surface area (Å²) in [5.74, 6) is -0.533. The molecule has 11 heteroatoms. The second-order valence-electron chi connectivity index (χ2n) is 6.37. The number of nitrogens with one attached hydrogen (secondary N) is 2. The van der Waals surface area contributed by atoms with Crippen LogP contribution in [0.15, 0.2) is 36.4 Å². The minimum atomic E-state index is -5.08. The summed E-state index contributed by atoms with van der Waals surface area (Å²) < 4.78 is 42.5. The van der Waals surface area contributed by atoms with Gasteiger partial charge in [0.15, 0.2) is 17.3 Å². The van der Waals surface area contributed by atoms with Crippen LogP contribution >= 0.6 is 11.6 Å². The molecule has 3 aromatic rings. The monoisotopic (exact) mass is 455 g/mol. The number of halogens is 4. The lowest BCUT2D eigenvalue weighted by Gasteiger charge is -2.10. The molecule has 1 aromatic heterocycles. The molecule has 0 saturated heterocycles. The number of hydrogen-bond donors (Lipinski definition) is 3. The van der Waals surface area contributed by atoms with Crippen LogP contribution in [-0.4, -0.2) is 41.7 Å². The molecule has 0 spiro atoms. The van der Waals surface area contributed by atoms with Crippen molar-refractivity contribution in [2.45, 2.75) is 12.6 Å². The van der Waals surface area contributed by atoms with Crippen molar-refractivity contribution in [3.8, 4) is 22.8 Å². The third kappa shape index (κ3) is 4.69. The van der Waals surface area contributed by atoms with E-state index in [1.54, 1.807) is 14.2 Å². The number of aliphatic carboxylic acids is 1. The van der Waals surface area contributed by atoms with Crippen LogP contribution in [-0.2, 0) is 11.2 Å². The van der Waals surface area contributed by atoms with Gasteiger partial charge in [-0.3, -0.25) is 5.10 Å². The van der Waals surface area contributed by atoms with E-state index in [1.807, 2.05) is 36.4 Å². The lowest BCUT2D eigenvalue weighted by molar-refractivity contribution is -0.192. The molecule has 2 aromatic carbocycles. The van der Waals surface area contributed by atoms with Gasteiger partial charge in [0.25, 0.3) is 0 Å². The molecule has 1 heterocycles. The van der Waals surface area contributed by atoms with Crippen LogP contribution in [0.2, 0.25) is 5.02 Å². The predicted molar refractivity (Wildman–Crippen MR) is 108 cm³/mol. The number of para-hydroxylation sites is 1. The average Bonchev–Trinajstić information content (AvgIpc) is 3.27. The molecule has 0 aliphatic heterocycles. The fourth-order valence-electron chi connectivity index (χ4n) is 3.04. The van der Waals surface area contributed by atoms with Gasteiger partial charge < -0.3 is 19.9 Å². The zero-order valence-electron chi connectivity index (χ0n) is 16.3. The number of ether oxygens (including phenoxy) is 2. The summed E-state index contributed by atoms with van der Waals surface area (Å²) in [7, 11) is 3.28. The lowest BCUT2D eigenvalue weighted by atomic mass is 10.1. The maximum absolute atomic E-state index is 10.6. The fourth-order valence-corrected chi connectivity index (χ4v) is 3.23. The summed E-state index contributed by atoms with van der Waals surface area (Å²) in [5, 5.41) is 18.6. The maximum atomic E-state index is 10.6. The van der Waals surface area contributed by atoms with Crippen LogP contribution < -0.4 is 14.8 Å². The van der Waals surface area contributed by atoms with Gasteiger partial charge in [0.2, 0.25) is 0 Å². The summed E-state index contributed by atoms with van der Waals surface area (Å²) >= 11 is 6.23. The molecule has 7 nitrogen and oxygen atoms in total. The number of carboxylic acids is 1. The highest BCUT2D eigenvalue weighted by atomic mass is 35.5. The topological polar surface area (TPSA) is 96.5 Å². The highest BCUT2D eigenvalue weighted by molar-refractivity contribution is 6.33. The van der Waals surface area contributed by atoms with Crippen molar-refractivity contribution in [1.82, 2.24) is 10.2 Å². The van der Waals surface area contributed by atoms with Gasteiger partial charge >= 0.3 is 12.1 Å². The molecule has 0 amide bonds. The van der Waals surface area contributed by atoms with Gasteiger partial charge in [0.05, 0.1) is 30.6 Å². The van der Waals surface area contributed by atoms with Crippen molar-refractivity contribution in [3.05, 3.63) is 52.5 Å². The quantitative estimate of drug-likeness (QED) is 0.399. The Labute approximate surface area is 179 Å². The van der Waals surface area contributed by atoms with E-state index in [0.29, 0.717) is 10.8 Å². The van der Waals surface area contributed by atoms with E-state index in [2.05, 4.69) is 15.5 Å². The molecule has 1 aliphatic carbocycles. The third-order valence-corrected chi connectivity index (χ3v) is 4.81. The molecule has 0 saturated carbocycles. The third-order valence-electron chi connectivity index (χ3n) is 4.48. The summed E-state index contributed by atoms with van der Waals surface area (Å²) in [6.45, 7) is 0. The van der Waals surface area contributed by atoms with Crippen LogP contribution in [0.25, 0.3) is 11.3 Å². The molecule has 0 atom stereocenters. The molecule has 4 rings (SSSR count). The summed E-state index contributed by atoms with van der Waals surface area (Å²) in [6.07, 6.45) is -4.31. The first-order chi connectivity index (χ1) is 14.7. The van der Waals surface area contributed by atoms with E-state index in [9.17, 15) is 13.2 Å². The average molecular weight is 456 g/mol. The summed E-state index contributed by atoms with van der Waals surface area (Å²) in [4.78, 5) is 8.90. The van der Waals surface area contributed by atoms with Gasteiger partial charge in [-0.15, -0.1) is 0 Å². The molecular weight excluding hydrogens is 439 g/mol. The van der Waals surface area contributed by atoms with Gasteiger partial charge in [0.1, 0.15) is 0 Å². The minimum Gasteiger partial charge on any atom is -0.493 e. The van der Waals surface area contributed by atoms with Gasteiger partial charge in [-0.25, -0.2) is 4.79 Å². The first-order valence-corrected chi connectivity index (χ1v) is 9.17. The number of benzene rings is 2. The highest BCUT2D eigenvalue weighted by Crippen LogP contribution is 2.44. The maximum Gasteiger partial charge on any atom is 0.490 e. The Kier molecular flexibility index (Phi) is 6.30. The van der Waals surface area contributed by atoms with Gasteiger partial charge in [-0.05, 0) is 29.8 Å². The van der Waals surface area contributed by atoms with E-state index in [4.69, 9.17) is 31.0 Å². The van der Waals surface area contributed by atoms with Gasteiger partial charge in [-0.1, -0.05) is 23.7 Å². The van der Waals surface area contributed by atoms with Crippen molar-refractivity contribution < 1.29 is 32.5 Å². The normalized spacial score (nSPS) is 11.7. The van der Waals surface area contributed by atoms with Crippen molar-refractivity contribution in [1.29, 1.82) is 0 Å². The number of rotatable bonds is 4. The fraction of sp³-hybridized carbons (Fsp3) is 0.200. The van der Waals surface area contributed by atoms with Crippen LogP contribution in [0.4, 0.5) is 24.7 Å².